The second kappa shape index (κ2) is 2.64. The van der Waals surface area contributed by atoms with Crippen molar-refractivity contribution in [2.45, 2.75) is 6.92 Å². The van der Waals surface area contributed by atoms with Crippen LogP contribution in [0.5, 0.6) is 5.75 Å². The van der Waals surface area contributed by atoms with Crippen LogP contribution >= 0.6 is 23.2 Å². The van der Waals surface area contributed by atoms with Crippen LogP contribution in [0.2, 0.25) is 10.2 Å². The lowest BCUT2D eigenvalue weighted by Crippen LogP contribution is -1.81. The van der Waals surface area contributed by atoms with E-state index in [4.69, 9.17) is 28.3 Å². The molecule has 0 saturated carbocycles. The highest BCUT2D eigenvalue weighted by Gasteiger charge is 2.06. The van der Waals surface area contributed by atoms with Crippen molar-refractivity contribution in [1.82, 2.24) is 4.98 Å². The van der Waals surface area contributed by atoms with Crippen LogP contribution in [0.25, 0.3) is 0 Å². The molecule has 0 aromatic carbocycles. The van der Waals surface area contributed by atoms with Gasteiger partial charge < -0.3 is 5.11 Å². The van der Waals surface area contributed by atoms with E-state index in [0.717, 1.165) is 0 Å². The molecule has 0 unspecified atom stereocenters. The summed E-state index contributed by atoms with van der Waals surface area (Å²) >= 11 is 11.0. The van der Waals surface area contributed by atoms with Gasteiger partial charge in [-0.15, -0.1) is 0 Å². The lowest BCUT2D eigenvalue weighted by Gasteiger charge is -1.99. The van der Waals surface area contributed by atoms with Gasteiger partial charge in [-0.05, 0) is 6.92 Å². The average Bonchev–Trinajstić information content (AvgIpc) is 1.93. The van der Waals surface area contributed by atoms with E-state index < -0.39 is 0 Å². The predicted molar refractivity (Wildman–Crippen MR) is 40.7 cm³/mol. The Morgan fingerprint density at radius 1 is 1.50 bits per heavy atom. The zero-order valence-corrected chi connectivity index (χ0v) is 6.74. The average molecular weight is 178 g/mol. The van der Waals surface area contributed by atoms with E-state index in [1.807, 2.05) is 0 Å². The molecule has 1 N–H and O–H groups in total. The van der Waals surface area contributed by atoms with Crippen molar-refractivity contribution in [3.8, 4) is 5.75 Å². The van der Waals surface area contributed by atoms with Crippen molar-refractivity contribution in [3.05, 3.63) is 21.9 Å². The van der Waals surface area contributed by atoms with Gasteiger partial charge >= 0.3 is 0 Å². The highest BCUT2D eigenvalue weighted by Crippen LogP contribution is 2.31. The Bertz CT molecular complexity index is 235. The minimum atomic E-state index is 0.00154. The molecular formula is C6H5Cl2NO. The quantitative estimate of drug-likeness (QED) is 0.618. The second-order valence-corrected chi connectivity index (χ2v) is 2.63. The topological polar surface area (TPSA) is 33.1 Å². The van der Waals surface area contributed by atoms with Gasteiger partial charge in [0.2, 0.25) is 0 Å². The predicted octanol–water partition coefficient (Wildman–Crippen LogP) is 2.40. The third kappa shape index (κ3) is 1.18. The molecule has 0 radical (unpaired) electrons. The monoisotopic (exact) mass is 177 g/mol. The third-order valence-corrected chi connectivity index (χ3v) is 1.88. The van der Waals surface area contributed by atoms with Crippen molar-refractivity contribution in [2.75, 3.05) is 0 Å². The molecule has 0 aliphatic rings. The molecule has 1 aromatic heterocycles. The van der Waals surface area contributed by atoms with Crippen LogP contribution in [0.3, 0.4) is 0 Å². The molecule has 54 valence electrons. The summed E-state index contributed by atoms with van der Waals surface area (Å²) in [6.07, 6.45) is 1.46. The van der Waals surface area contributed by atoms with Gasteiger partial charge in [0.1, 0.15) is 10.8 Å². The zero-order valence-electron chi connectivity index (χ0n) is 5.23. The zero-order chi connectivity index (χ0) is 7.72. The summed E-state index contributed by atoms with van der Waals surface area (Å²) in [7, 11) is 0. The molecule has 0 aliphatic carbocycles. The fraction of sp³-hybridized carbons (Fsp3) is 0.167. The standard InChI is InChI=1S/C6H5Cl2NO/c1-3-2-9-6(8)4(7)5(3)10/h2H,1H3,(H,9,10). The van der Waals surface area contributed by atoms with E-state index in [0.29, 0.717) is 5.56 Å². The lowest BCUT2D eigenvalue weighted by molar-refractivity contribution is 0.470. The molecule has 4 heteroatoms. The molecule has 1 rings (SSSR count). The van der Waals surface area contributed by atoms with Crippen LogP contribution in [-0.2, 0) is 0 Å². The summed E-state index contributed by atoms with van der Waals surface area (Å²) in [6, 6.07) is 0. The SMILES string of the molecule is Cc1cnc(Cl)c(Cl)c1O. The number of pyridine rings is 1. The fourth-order valence-electron chi connectivity index (χ4n) is 0.542. The highest BCUT2D eigenvalue weighted by atomic mass is 35.5. The Kier molecular flexibility index (Phi) is 2.02. The lowest BCUT2D eigenvalue weighted by atomic mass is 10.3. The van der Waals surface area contributed by atoms with Gasteiger partial charge in [0.15, 0.2) is 5.15 Å². The Hall–Kier alpha value is -0.470. The molecule has 0 spiro atoms. The molecule has 0 bridgehead atoms. The minimum Gasteiger partial charge on any atom is -0.506 e. The Morgan fingerprint density at radius 3 is 2.60 bits per heavy atom. The van der Waals surface area contributed by atoms with Crippen molar-refractivity contribution < 1.29 is 5.11 Å². The second-order valence-electron chi connectivity index (χ2n) is 1.89. The number of halogens is 2. The number of nitrogens with zero attached hydrogens (tertiary/aromatic N) is 1. The van der Waals surface area contributed by atoms with E-state index in [1.54, 1.807) is 6.92 Å². The van der Waals surface area contributed by atoms with E-state index in [-0.39, 0.29) is 15.9 Å². The first-order valence-electron chi connectivity index (χ1n) is 2.62. The Balaban J connectivity index is 3.34. The minimum absolute atomic E-state index is 0.00154. The van der Waals surface area contributed by atoms with Crippen molar-refractivity contribution in [2.24, 2.45) is 0 Å². The number of rotatable bonds is 0. The molecule has 0 aliphatic heterocycles. The number of aromatic hydroxyl groups is 1. The normalized spacial score (nSPS) is 9.90. The van der Waals surface area contributed by atoms with Crippen LogP contribution in [0.15, 0.2) is 6.20 Å². The smallest absolute Gasteiger partial charge is 0.151 e. The molecular weight excluding hydrogens is 173 g/mol. The van der Waals surface area contributed by atoms with E-state index >= 15 is 0 Å². The molecule has 2 nitrogen and oxygen atoms in total. The van der Waals surface area contributed by atoms with Gasteiger partial charge in [0, 0.05) is 11.8 Å². The Labute approximate surface area is 68.4 Å². The summed E-state index contributed by atoms with van der Waals surface area (Å²) in [5.41, 5.74) is 0.620. The first kappa shape index (κ1) is 7.63. The fourth-order valence-corrected chi connectivity index (χ4v) is 0.878. The molecule has 10 heavy (non-hydrogen) atoms. The van der Waals surface area contributed by atoms with E-state index in [1.165, 1.54) is 6.20 Å². The van der Waals surface area contributed by atoms with Crippen LogP contribution in [0.4, 0.5) is 0 Å². The van der Waals surface area contributed by atoms with Crippen LogP contribution in [0.1, 0.15) is 5.56 Å². The number of hydrogen-bond acceptors (Lipinski definition) is 2. The third-order valence-electron chi connectivity index (χ3n) is 1.13. The maximum Gasteiger partial charge on any atom is 0.151 e. The van der Waals surface area contributed by atoms with Gasteiger partial charge in [-0.3, -0.25) is 0 Å². The number of hydrogen-bond donors (Lipinski definition) is 1. The van der Waals surface area contributed by atoms with Crippen molar-refractivity contribution in [3.63, 3.8) is 0 Å². The maximum atomic E-state index is 9.13. The van der Waals surface area contributed by atoms with Crippen LogP contribution < -0.4 is 0 Å². The van der Waals surface area contributed by atoms with Gasteiger partial charge in [0.25, 0.3) is 0 Å². The van der Waals surface area contributed by atoms with E-state index in [2.05, 4.69) is 4.98 Å². The summed E-state index contributed by atoms with van der Waals surface area (Å²) in [5, 5.41) is 9.37. The summed E-state index contributed by atoms with van der Waals surface area (Å²) < 4.78 is 0. The molecule has 1 heterocycles. The van der Waals surface area contributed by atoms with Crippen molar-refractivity contribution >= 4 is 23.2 Å². The first-order chi connectivity index (χ1) is 4.63. The van der Waals surface area contributed by atoms with Crippen molar-refractivity contribution in [1.29, 1.82) is 0 Å². The van der Waals surface area contributed by atoms with Crippen LogP contribution in [-0.4, -0.2) is 10.1 Å². The molecule has 0 fully saturated rings. The van der Waals surface area contributed by atoms with Gasteiger partial charge in [-0.25, -0.2) is 4.98 Å². The largest absolute Gasteiger partial charge is 0.506 e. The summed E-state index contributed by atoms with van der Waals surface area (Å²) in [5.74, 6) is 0.00154. The van der Waals surface area contributed by atoms with E-state index in [9.17, 15) is 0 Å². The summed E-state index contributed by atoms with van der Waals surface area (Å²) in [6.45, 7) is 1.70. The summed E-state index contributed by atoms with van der Waals surface area (Å²) in [4.78, 5) is 3.71. The maximum absolute atomic E-state index is 9.13. The van der Waals surface area contributed by atoms with Gasteiger partial charge in [0.05, 0.1) is 0 Å². The first-order valence-corrected chi connectivity index (χ1v) is 3.38. The number of aromatic nitrogens is 1. The van der Waals surface area contributed by atoms with Gasteiger partial charge in [-0.1, -0.05) is 23.2 Å². The molecule has 0 amide bonds. The van der Waals surface area contributed by atoms with Gasteiger partial charge in [-0.2, -0.15) is 0 Å². The molecule has 1 aromatic rings. The molecule has 0 atom stereocenters. The number of aryl methyl sites for hydroxylation is 1. The molecule has 0 saturated heterocycles. The highest BCUT2D eigenvalue weighted by molar-refractivity contribution is 6.42. The Morgan fingerprint density at radius 2 is 2.10 bits per heavy atom. The van der Waals surface area contributed by atoms with Crippen LogP contribution in [0, 0.1) is 6.92 Å².